The van der Waals surface area contributed by atoms with Crippen molar-refractivity contribution in [2.24, 2.45) is 0 Å². The first-order valence-electron chi connectivity index (χ1n) is 3.59. The Morgan fingerprint density at radius 2 is 1.92 bits per heavy atom. The zero-order valence-corrected chi connectivity index (χ0v) is 7.04. The van der Waals surface area contributed by atoms with Crippen LogP contribution in [-0.4, -0.2) is 19.5 Å². The third-order valence-corrected chi connectivity index (χ3v) is 1.36. The second-order valence-electron chi connectivity index (χ2n) is 2.18. The topological polar surface area (TPSA) is 57.2 Å². The highest BCUT2D eigenvalue weighted by Gasteiger charge is 2.23. The Kier molecular flexibility index (Phi) is 4.44. The Morgan fingerprint density at radius 1 is 1.23 bits per heavy atom. The summed E-state index contributed by atoms with van der Waals surface area (Å²) in [7, 11) is 0.264. The van der Waals surface area contributed by atoms with Crippen molar-refractivity contribution >= 4 is 12.6 Å². The summed E-state index contributed by atoms with van der Waals surface area (Å²) < 4.78 is 0. The summed E-state index contributed by atoms with van der Waals surface area (Å²) >= 11 is 0. The lowest BCUT2D eigenvalue weighted by molar-refractivity contribution is -0.467. The average Bonchev–Trinajstić information content (AvgIpc) is 2.21. The van der Waals surface area contributed by atoms with Crippen LogP contribution in [0.15, 0.2) is 30.3 Å². The molecule has 6 heteroatoms. The van der Waals surface area contributed by atoms with E-state index in [9.17, 15) is 0 Å². The molecule has 0 spiro atoms. The highest BCUT2D eigenvalue weighted by atomic mass is 17.5. The summed E-state index contributed by atoms with van der Waals surface area (Å²) in [6, 6.07) is 8.80. The Morgan fingerprint density at radius 3 is 2.46 bits per heavy atom. The van der Waals surface area contributed by atoms with Crippen molar-refractivity contribution in [3.05, 3.63) is 30.3 Å². The standard InChI is InChI=1S/C7H9BO5/c1-10-13-12-8(11-9)7-5-3-2-4-6-7/h2-6,9H,1H3. The summed E-state index contributed by atoms with van der Waals surface area (Å²) in [5.74, 6) is 0. The van der Waals surface area contributed by atoms with Gasteiger partial charge in [-0.1, -0.05) is 35.4 Å². The van der Waals surface area contributed by atoms with E-state index in [1.54, 1.807) is 24.3 Å². The number of hydrogen-bond donors (Lipinski definition) is 1. The summed E-state index contributed by atoms with van der Waals surface area (Å²) in [5, 5.41) is 12.6. The maximum Gasteiger partial charge on any atom is 0.558 e. The van der Waals surface area contributed by atoms with Gasteiger partial charge in [-0.15, -0.1) is 0 Å². The largest absolute Gasteiger partial charge is 0.558 e. The van der Waals surface area contributed by atoms with E-state index in [2.05, 4.69) is 19.5 Å². The van der Waals surface area contributed by atoms with E-state index in [4.69, 9.17) is 5.26 Å². The second-order valence-corrected chi connectivity index (χ2v) is 2.18. The van der Waals surface area contributed by atoms with Crippen LogP contribution in [-0.2, 0) is 19.5 Å². The van der Waals surface area contributed by atoms with Crippen LogP contribution in [0.5, 0.6) is 0 Å². The van der Waals surface area contributed by atoms with Crippen LogP contribution in [0.3, 0.4) is 0 Å². The molecule has 0 saturated carbocycles. The number of hydrogen-bond acceptors (Lipinski definition) is 5. The molecule has 0 saturated heterocycles. The molecule has 0 aliphatic heterocycles. The molecular formula is C7H9BO5. The van der Waals surface area contributed by atoms with Gasteiger partial charge in [-0.25, -0.2) is 9.69 Å². The van der Waals surface area contributed by atoms with Crippen molar-refractivity contribution in [1.29, 1.82) is 0 Å². The van der Waals surface area contributed by atoms with Crippen molar-refractivity contribution in [2.45, 2.75) is 0 Å². The molecular weight excluding hydrogens is 175 g/mol. The molecule has 0 aliphatic rings. The molecule has 1 aromatic rings. The van der Waals surface area contributed by atoms with Crippen LogP contribution in [0, 0.1) is 0 Å². The average molecular weight is 184 g/mol. The zero-order valence-electron chi connectivity index (χ0n) is 7.04. The maximum absolute atomic E-state index is 8.45. The lowest BCUT2D eigenvalue weighted by atomic mass is 9.80. The lowest BCUT2D eigenvalue weighted by Crippen LogP contribution is -2.35. The van der Waals surface area contributed by atoms with E-state index in [0.717, 1.165) is 0 Å². The van der Waals surface area contributed by atoms with Gasteiger partial charge in [-0.2, -0.15) is 0 Å². The summed E-state index contributed by atoms with van der Waals surface area (Å²) in [6.45, 7) is 0. The predicted octanol–water partition coefficient (Wildman–Crippen LogP) is 0.381. The van der Waals surface area contributed by atoms with Crippen LogP contribution in [0.4, 0.5) is 0 Å². The summed E-state index contributed by atoms with van der Waals surface area (Å²) in [6.07, 6.45) is 0. The third-order valence-electron chi connectivity index (χ3n) is 1.36. The fourth-order valence-corrected chi connectivity index (χ4v) is 0.819. The highest BCUT2D eigenvalue weighted by molar-refractivity contribution is 6.60. The van der Waals surface area contributed by atoms with Gasteiger partial charge in [-0.05, 0) is 5.46 Å². The fraction of sp³-hybridized carbons (Fsp3) is 0.143. The fourth-order valence-electron chi connectivity index (χ4n) is 0.819. The van der Waals surface area contributed by atoms with Crippen LogP contribution >= 0.6 is 0 Å². The van der Waals surface area contributed by atoms with Gasteiger partial charge in [0.25, 0.3) is 0 Å². The van der Waals surface area contributed by atoms with Crippen molar-refractivity contribution in [1.82, 2.24) is 0 Å². The minimum Gasteiger partial charge on any atom is -0.264 e. The molecule has 70 valence electrons. The normalized spacial score (nSPS) is 10.0. The van der Waals surface area contributed by atoms with E-state index in [0.29, 0.717) is 5.46 Å². The quantitative estimate of drug-likeness (QED) is 0.407. The molecule has 1 N–H and O–H groups in total. The SMILES string of the molecule is COOOB(OO)c1ccccc1. The van der Waals surface area contributed by atoms with Crippen molar-refractivity contribution in [2.75, 3.05) is 7.11 Å². The van der Waals surface area contributed by atoms with Crippen LogP contribution in [0.1, 0.15) is 0 Å². The van der Waals surface area contributed by atoms with E-state index < -0.39 is 7.12 Å². The van der Waals surface area contributed by atoms with Crippen molar-refractivity contribution in [3.63, 3.8) is 0 Å². The van der Waals surface area contributed by atoms with Crippen molar-refractivity contribution in [3.8, 4) is 0 Å². The van der Waals surface area contributed by atoms with E-state index >= 15 is 0 Å². The summed E-state index contributed by atoms with van der Waals surface area (Å²) in [4.78, 5) is 12.7. The number of benzene rings is 1. The molecule has 0 aromatic heterocycles. The molecule has 0 amide bonds. The Labute approximate surface area is 75.7 Å². The monoisotopic (exact) mass is 184 g/mol. The van der Waals surface area contributed by atoms with Crippen LogP contribution < -0.4 is 5.46 Å². The molecule has 0 heterocycles. The van der Waals surface area contributed by atoms with E-state index in [-0.39, 0.29) is 0 Å². The molecule has 0 aliphatic carbocycles. The zero-order chi connectivity index (χ0) is 9.52. The molecule has 5 nitrogen and oxygen atoms in total. The third kappa shape index (κ3) is 3.13. The first-order valence-corrected chi connectivity index (χ1v) is 3.59. The molecule has 13 heavy (non-hydrogen) atoms. The Bertz CT molecular complexity index is 230. The molecule has 1 rings (SSSR count). The van der Waals surface area contributed by atoms with Gasteiger partial charge in [0.15, 0.2) is 0 Å². The molecule has 0 fully saturated rings. The predicted molar refractivity (Wildman–Crippen MR) is 44.7 cm³/mol. The minimum absolute atomic E-state index is 0.613. The molecule has 0 bridgehead atoms. The van der Waals surface area contributed by atoms with E-state index in [1.807, 2.05) is 6.07 Å². The lowest BCUT2D eigenvalue weighted by Gasteiger charge is -2.06. The summed E-state index contributed by atoms with van der Waals surface area (Å²) in [5.41, 5.74) is 0.613. The van der Waals surface area contributed by atoms with Crippen molar-refractivity contribution < 1.29 is 24.8 Å². The van der Waals surface area contributed by atoms with Gasteiger partial charge < -0.3 is 0 Å². The second kappa shape index (κ2) is 5.68. The number of rotatable bonds is 5. The maximum atomic E-state index is 8.45. The van der Waals surface area contributed by atoms with Gasteiger partial charge in [0.2, 0.25) is 0 Å². The van der Waals surface area contributed by atoms with E-state index in [1.165, 1.54) is 7.11 Å². The smallest absolute Gasteiger partial charge is 0.264 e. The van der Waals surface area contributed by atoms with Gasteiger partial charge in [0.05, 0.1) is 7.11 Å². The Hall–Kier alpha value is -0.915. The molecule has 0 unspecified atom stereocenters. The highest BCUT2D eigenvalue weighted by Crippen LogP contribution is 1.92. The molecule has 0 atom stereocenters. The minimum atomic E-state index is -1.01. The van der Waals surface area contributed by atoms with Gasteiger partial charge in [0, 0.05) is 0 Å². The molecule has 1 aromatic carbocycles. The van der Waals surface area contributed by atoms with Gasteiger partial charge in [-0.3, -0.25) is 10.1 Å². The van der Waals surface area contributed by atoms with Gasteiger partial charge in [0.1, 0.15) is 0 Å². The van der Waals surface area contributed by atoms with Crippen LogP contribution in [0.2, 0.25) is 0 Å². The molecule has 0 radical (unpaired) electrons. The first kappa shape index (κ1) is 10.2. The van der Waals surface area contributed by atoms with Crippen LogP contribution in [0.25, 0.3) is 0 Å². The first-order chi connectivity index (χ1) is 6.38. The van der Waals surface area contributed by atoms with Gasteiger partial charge >= 0.3 is 7.12 Å². The Balaban J connectivity index is 2.56.